The minimum absolute atomic E-state index is 0.0132. The van der Waals surface area contributed by atoms with E-state index < -0.39 is 0 Å². The SMILES string of the molecule is CC1CN(C(=O)CCC(=O)c2ccc(Cl)cc2)CC(C)N1CCN(C)C. The van der Waals surface area contributed by atoms with Crippen LogP contribution in [0.15, 0.2) is 24.3 Å². The third kappa shape index (κ3) is 5.79. The number of Topliss-reactive ketones (excluding diaryl/α,β-unsaturated/α-hetero) is 1. The van der Waals surface area contributed by atoms with E-state index in [4.69, 9.17) is 11.6 Å². The van der Waals surface area contributed by atoms with Gasteiger partial charge in [0.05, 0.1) is 0 Å². The van der Waals surface area contributed by atoms with Crippen molar-refractivity contribution in [1.29, 1.82) is 0 Å². The van der Waals surface area contributed by atoms with Gasteiger partial charge in [0, 0.05) is 61.7 Å². The summed E-state index contributed by atoms with van der Waals surface area (Å²) in [6.45, 7) is 7.82. The van der Waals surface area contributed by atoms with E-state index in [-0.39, 0.29) is 24.5 Å². The second-order valence-corrected chi connectivity index (χ2v) is 7.90. The lowest BCUT2D eigenvalue weighted by molar-refractivity contribution is -0.135. The van der Waals surface area contributed by atoms with Crippen LogP contribution < -0.4 is 0 Å². The van der Waals surface area contributed by atoms with Crippen LogP contribution in [-0.2, 0) is 4.79 Å². The molecular weight excluding hydrogens is 350 g/mol. The molecule has 2 atom stereocenters. The largest absolute Gasteiger partial charge is 0.340 e. The van der Waals surface area contributed by atoms with Gasteiger partial charge in [-0.3, -0.25) is 14.5 Å². The van der Waals surface area contributed by atoms with Crippen LogP contribution in [0.2, 0.25) is 5.02 Å². The Morgan fingerprint density at radius 2 is 1.65 bits per heavy atom. The standard InChI is InChI=1S/C20H30ClN3O2/c1-15-13-23(14-16(2)24(15)12-11-22(3)4)20(26)10-9-19(25)17-5-7-18(21)8-6-17/h5-8,15-16H,9-14H2,1-4H3. The molecule has 0 aliphatic carbocycles. The molecule has 26 heavy (non-hydrogen) atoms. The van der Waals surface area contributed by atoms with Crippen molar-refractivity contribution in [2.45, 2.75) is 38.8 Å². The van der Waals surface area contributed by atoms with Crippen LogP contribution in [-0.4, -0.2) is 78.7 Å². The fourth-order valence-corrected chi connectivity index (χ4v) is 3.60. The van der Waals surface area contributed by atoms with Gasteiger partial charge >= 0.3 is 0 Å². The van der Waals surface area contributed by atoms with Gasteiger partial charge in [0.2, 0.25) is 5.91 Å². The van der Waals surface area contributed by atoms with Crippen LogP contribution in [0.5, 0.6) is 0 Å². The Hall–Kier alpha value is -1.43. The van der Waals surface area contributed by atoms with E-state index in [1.54, 1.807) is 24.3 Å². The molecule has 2 unspecified atom stereocenters. The fourth-order valence-electron chi connectivity index (χ4n) is 3.48. The van der Waals surface area contributed by atoms with E-state index in [2.05, 4.69) is 37.7 Å². The number of carbonyl (C=O) groups excluding carboxylic acids is 2. The third-order valence-corrected chi connectivity index (χ3v) is 5.24. The number of halogens is 1. The van der Waals surface area contributed by atoms with E-state index in [0.29, 0.717) is 22.7 Å². The Balaban J connectivity index is 1.84. The normalized spacial score (nSPS) is 21.2. The number of carbonyl (C=O) groups is 2. The number of hydrogen-bond donors (Lipinski definition) is 0. The van der Waals surface area contributed by atoms with Crippen molar-refractivity contribution < 1.29 is 9.59 Å². The summed E-state index contributed by atoms with van der Waals surface area (Å²) in [4.78, 5) is 31.4. The fraction of sp³-hybridized carbons (Fsp3) is 0.600. The lowest BCUT2D eigenvalue weighted by Gasteiger charge is -2.44. The second kappa shape index (κ2) is 9.49. The molecular formula is C20H30ClN3O2. The topological polar surface area (TPSA) is 43.9 Å². The first kappa shape index (κ1) is 20.9. The number of hydrogen-bond acceptors (Lipinski definition) is 4. The third-order valence-electron chi connectivity index (χ3n) is 4.99. The molecule has 0 saturated carbocycles. The van der Waals surface area contributed by atoms with Crippen molar-refractivity contribution in [3.63, 3.8) is 0 Å². The molecule has 1 saturated heterocycles. The Kier molecular flexibility index (Phi) is 7.62. The monoisotopic (exact) mass is 379 g/mol. The van der Waals surface area contributed by atoms with E-state index in [1.807, 2.05) is 4.90 Å². The lowest BCUT2D eigenvalue weighted by atomic mass is 10.0. The smallest absolute Gasteiger partial charge is 0.223 e. The van der Waals surface area contributed by atoms with Gasteiger partial charge in [-0.15, -0.1) is 0 Å². The van der Waals surface area contributed by atoms with Crippen LogP contribution in [0, 0.1) is 0 Å². The first-order valence-corrected chi connectivity index (χ1v) is 9.62. The molecule has 0 bridgehead atoms. The second-order valence-electron chi connectivity index (χ2n) is 7.47. The molecule has 144 valence electrons. The summed E-state index contributed by atoms with van der Waals surface area (Å²) >= 11 is 5.85. The lowest BCUT2D eigenvalue weighted by Crippen LogP contribution is -2.59. The number of likely N-dealkylation sites (N-methyl/N-ethyl adjacent to an activating group) is 1. The zero-order chi connectivity index (χ0) is 19.3. The highest BCUT2D eigenvalue weighted by Gasteiger charge is 2.31. The predicted octanol–water partition coefficient (Wildman–Crippen LogP) is 2.79. The van der Waals surface area contributed by atoms with Crippen LogP contribution >= 0.6 is 11.6 Å². The zero-order valence-electron chi connectivity index (χ0n) is 16.2. The number of amides is 1. The molecule has 1 aromatic carbocycles. The summed E-state index contributed by atoms with van der Waals surface area (Å²) in [6, 6.07) is 7.48. The molecule has 1 fully saturated rings. The highest BCUT2D eigenvalue weighted by Crippen LogP contribution is 2.18. The molecule has 0 radical (unpaired) electrons. The van der Waals surface area contributed by atoms with Gasteiger partial charge in [0.15, 0.2) is 5.78 Å². The predicted molar refractivity (Wildman–Crippen MR) is 106 cm³/mol. The number of benzene rings is 1. The number of ketones is 1. The number of piperazine rings is 1. The Labute approximate surface area is 161 Å². The average Bonchev–Trinajstić information content (AvgIpc) is 2.58. The molecule has 1 amide bonds. The molecule has 1 aromatic rings. The highest BCUT2D eigenvalue weighted by molar-refractivity contribution is 6.30. The summed E-state index contributed by atoms with van der Waals surface area (Å²) < 4.78 is 0. The van der Waals surface area contributed by atoms with Crippen molar-refractivity contribution >= 4 is 23.3 Å². The van der Waals surface area contributed by atoms with Gasteiger partial charge in [0.1, 0.15) is 0 Å². The summed E-state index contributed by atoms with van der Waals surface area (Å²) in [5, 5.41) is 0.604. The van der Waals surface area contributed by atoms with Crippen molar-refractivity contribution in [2.75, 3.05) is 40.3 Å². The molecule has 2 rings (SSSR count). The zero-order valence-corrected chi connectivity index (χ0v) is 17.0. The number of nitrogens with zero attached hydrogens (tertiary/aromatic N) is 3. The minimum Gasteiger partial charge on any atom is -0.340 e. The molecule has 5 nitrogen and oxygen atoms in total. The molecule has 0 spiro atoms. The van der Waals surface area contributed by atoms with E-state index in [1.165, 1.54) is 0 Å². The van der Waals surface area contributed by atoms with Crippen LogP contribution in [0.1, 0.15) is 37.0 Å². The van der Waals surface area contributed by atoms with Gasteiger partial charge in [-0.25, -0.2) is 0 Å². The number of rotatable bonds is 7. The Bertz CT molecular complexity index is 606. The maximum Gasteiger partial charge on any atom is 0.223 e. The highest BCUT2D eigenvalue weighted by atomic mass is 35.5. The van der Waals surface area contributed by atoms with Crippen LogP contribution in [0.25, 0.3) is 0 Å². The Morgan fingerprint density at radius 1 is 1.08 bits per heavy atom. The molecule has 1 aliphatic rings. The van der Waals surface area contributed by atoms with Crippen LogP contribution in [0.3, 0.4) is 0 Å². The maximum atomic E-state index is 12.6. The van der Waals surface area contributed by atoms with Gasteiger partial charge < -0.3 is 9.80 Å². The minimum atomic E-state index is -0.0132. The van der Waals surface area contributed by atoms with Crippen molar-refractivity contribution in [3.05, 3.63) is 34.9 Å². The van der Waals surface area contributed by atoms with E-state index in [9.17, 15) is 9.59 Å². The molecule has 1 heterocycles. The first-order chi connectivity index (χ1) is 12.3. The van der Waals surface area contributed by atoms with Crippen molar-refractivity contribution in [2.24, 2.45) is 0 Å². The first-order valence-electron chi connectivity index (χ1n) is 9.25. The molecule has 6 heteroatoms. The average molecular weight is 380 g/mol. The summed E-state index contributed by atoms with van der Waals surface area (Å²) in [7, 11) is 4.15. The van der Waals surface area contributed by atoms with E-state index in [0.717, 1.165) is 26.2 Å². The summed E-state index contributed by atoms with van der Waals surface area (Å²) in [5.74, 6) is 0.0546. The van der Waals surface area contributed by atoms with Gasteiger partial charge in [-0.05, 0) is 52.2 Å². The van der Waals surface area contributed by atoms with Gasteiger partial charge in [-0.1, -0.05) is 11.6 Å². The summed E-state index contributed by atoms with van der Waals surface area (Å²) in [5.41, 5.74) is 0.609. The van der Waals surface area contributed by atoms with Crippen molar-refractivity contribution in [3.8, 4) is 0 Å². The summed E-state index contributed by atoms with van der Waals surface area (Å²) in [6.07, 6.45) is 0.503. The van der Waals surface area contributed by atoms with Gasteiger partial charge in [-0.2, -0.15) is 0 Å². The molecule has 0 N–H and O–H groups in total. The van der Waals surface area contributed by atoms with Crippen LogP contribution in [0.4, 0.5) is 0 Å². The maximum absolute atomic E-state index is 12.6. The molecule has 0 aromatic heterocycles. The molecule has 1 aliphatic heterocycles. The van der Waals surface area contributed by atoms with Crippen molar-refractivity contribution in [1.82, 2.24) is 14.7 Å². The van der Waals surface area contributed by atoms with Gasteiger partial charge in [0.25, 0.3) is 0 Å². The Morgan fingerprint density at radius 3 is 2.19 bits per heavy atom. The van der Waals surface area contributed by atoms with E-state index >= 15 is 0 Å². The quantitative estimate of drug-likeness (QED) is 0.683.